The van der Waals surface area contributed by atoms with Crippen LogP contribution in [0.4, 0.5) is 5.69 Å². The highest BCUT2D eigenvalue weighted by Crippen LogP contribution is 2.18. The van der Waals surface area contributed by atoms with E-state index in [2.05, 4.69) is 63.3 Å². The van der Waals surface area contributed by atoms with E-state index in [1.165, 1.54) is 23.2 Å². The van der Waals surface area contributed by atoms with E-state index in [0.29, 0.717) is 6.04 Å². The van der Waals surface area contributed by atoms with Gasteiger partial charge in [0, 0.05) is 32.4 Å². The van der Waals surface area contributed by atoms with E-state index < -0.39 is 0 Å². The molecule has 1 unspecified atom stereocenters. The van der Waals surface area contributed by atoms with Gasteiger partial charge in [0.25, 0.3) is 0 Å². The lowest BCUT2D eigenvalue weighted by Gasteiger charge is -2.17. The van der Waals surface area contributed by atoms with Crippen molar-refractivity contribution >= 4 is 5.69 Å². The summed E-state index contributed by atoms with van der Waals surface area (Å²) in [6, 6.07) is 7.26. The molecule has 0 aliphatic heterocycles. The van der Waals surface area contributed by atoms with Crippen molar-refractivity contribution in [2.45, 2.75) is 39.8 Å². The molecular weight excluding hydrogens is 196 g/mol. The zero-order chi connectivity index (χ0) is 12.1. The molecular formula is C14H24N2. The van der Waals surface area contributed by atoms with Gasteiger partial charge in [0.15, 0.2) is 0 Å². The fourth-order valence-electron chi connectivity index (χ4n) is 1.77. The molecule has 1 rings (SSSR count). The van der Waals surface area contributed by atoms with Crippen LogP contribution < -0.4 is 10.2 Å². The Bertz CT molecular complexity index is 332. The zero-order valence-electron chi connectivity index (χ0n) is 11.2. The molecule has 1 atom stereocenters. The second-order valence-electron chi connectivity index (χ2n) is 4.71. The van der Waals surface area contributed by atoms with E-state index in [1.54, 1.807) is 0 Å². The van der Waals surface area contributed by atoms with E-state index in [-0.39, 0.29) is 0 Å². The number of rotatable bonds is 5. The minimum atomic E-state index is 0.592. The fourth-order valence-corrected chi connectivity index (χ4v) is 1.77. The van der Waals surface area contributed by atoms with Crippen molar-refractivity contribution in [3.05, 3.63) is 29.3 Å². The zero-order valence-corrected chi connectivity index (χ0v) is 11.2. The van der Waals surface area contributed by atoms with Gasteiger partial charge in [-0.05, 0) is 37.5 Å². The summed E-state index contributed by atoms with van der Waals surface area (Å²) < 4.78 is 0. The van der Waals surface area contributed by atoms with Crippen LogP contribution in [0.3, 0.4) is 0 Å². The smallest absolute Gasteiger partial charge is 0.0390 e. The van der Waals surface area contributed by atoms with Crippen LogP contribution in [0.5, 0.6) is 0 Å². The number of nitrogens with zero attached hydrogens (tertiary/aromatic N) is 1. The molecule has 0 aliphatic rings. The molecule has 0 bridgehead atoms. The third kappa shape index (κ3) is 3.53. The maximum Gasteiger partial charge on any atom is 0.0390 e. The van der Waals surface area contributed by atoms with Gasteiger partial charge in [-0.15, -0.1) is 0 Å². The lowest BCUT2D eigenvalue weighted by Crippen LogP contribution is -2.24. The maximum absolute atomic E-state index is 3.51. The second-order valence-corrected chi connectivity index (χ2v) is 4.71. The fraction of sp³-hybridized carbons (Fsp3) is 0.571. The average Bonchev–Trinajstić information content (AvgIpc) is 2.25. The van der Waals surface area contributed by atoms with E-state index >= 15 is 0 Å². The first-order valence-corrected chi connectivity index (χ1v) is 6.04. The van der Waals surface area contributed by atoms with E-state index in [9.17, 15) is 0 Å². The number of hydrogen-bond acceptors (Lipinski definition) is 2. The summed E-state index contributed by atoms with van der Waals surface area (Å²) >= 11 is 0. The van der Waals surface area contributed by atoms with Gasteiger partial charge in [0.2, 0.25) is 0 Å². The van der Waals surface area contributed by atoms with Crippen LogP contribution in [0, 0.1) is 6.92 Å². The summed E-state index contributed by atoms with van der Waals surface area (Å²) in [5.41, 5.74) is 4.00. The van der Waals surface area contributed by atoms with Crippen molar-refractivity contribution in [1.29, 1.82) is 0 Å². The standard InChI is InChI=1S/C14H24N2/c1-6-12(3)15-10-13-7-8-14(16(4)5)11(2)9-13/h7-9,12,15H,6,10H2,1-5H3. The van der Waals surface area contributed by atoms with Crippen LogP contribution in [-0.4, -0.2) is 20.1 Å². The van der Waals surface area contributed by atoms with Gasteiger partial charge in [-0.1, -0.05) is 19.1 Å². The summed E-state index contributed by atoms with van der Waals surface area (Å²) in [7, 11) is 4.17. The van der Waals surface area contributed by atoms with Gasteiger partial charge >= 0.3 is 0 Å². The van der Waals surface area contributed by atoms with Crippen LogP contribution in [-0.2, 0) is 6.54 Å². The van der Waals surface area contributed by atoms with Gasteiger partial charge in [-0.3, -0.25) is 0 Å². The third-order valence-corrected chi connectivity index (χ3v) is 3.01. The monoisotopic (exact) mass is 220 g/mol. The Kier molecular flexibility index (Phi) is 4.81. The summed E-state index contributed by atoms with van der Waals surface area (Å²) in [4.78, 5) is 2.15. The Balaban J connectivity index is 2.66. The van der Waals surface area contributed by atoms with Gasteiger partial charge < -0.3 is 10.2 Å². The first kappa shape index (κ1) is 13.0. The average molecular weight is 220 g/mol. The van der Waals surface area contributed by atoms with E-state index in [4.69, 9.17) is 0 Å². The predicted molar refractivity (Wildman–Crippen MR) is 72.1 cm³/mol. The topological polar surface area (TPSA) is 15.3 Å². The number of benzene rings is 1. The predicted octanol–water partition coefficient (Wildman–Crippen LogP) is 2.95. The van der Waals surface area contributed by atoms with Crippen LogP contribution in [0.1, 0.15) is 31.4 Å². The summed E-state index contributed by atoms with van der Waals surface area (Å²) in [5.74, 6) is 0. The van der Waals surface area contributed by atoms with Gasteiger partial charge in [0.1, 0.15) is 0 Å². The number of nitrogens with one attached hydrogen (secondary N) is 1. The quantitative estimate of drug-likeness (QED) is 0.820. The van der Waals surface area contributed by atoms with Crippen LogP contribution in [0.2, 0.25) is 0 Å². The lowest BCUT2D eigenvalue weighted by atomic mass is 10.1. The van der Waals surface area contributed by atoms with Crippen molar-refractivity contribution < 1.29 is 0 Å². The highest BCUT2D eigenvalue weighted by molar-refractivity contribution is 5.53. The molecule has 90 valence electrons. The summed E-state index contributed by atoms with van der Waals surface area (Å²) in [5, 5.41) is 3.51. The molecule has 0 aromatic heterocycles. The first-order valence-electron chi connectivity index (χ1n) is 6.04. The van der Waals surface area contributed by atoms with Crippen molar-refractivity contribution in [2.24, 2.45) is 0 Å². The van der Waals surface area contributed by atoms with Crippen molar-refractivity contribution in [3.8, 4) is 0 Å². The molecule has 0 aliphatic carbocycles. The Morgan fingerprint density at radius 1 is 1.31 bits per heavy atom. The van der Waals surface area contributed by atoms with Gasteiger partial charge in [-0.2, -0.15) is 0 Å². The van der Waals surface area contributed by atoms with E-state index in [1.807, 2.05) is 0 Å². The van der Waals surface area contributed by atoms with Crippen molar-refractivity contribution in [2.75, 3.05) is 19.0 Å². The molecule has 1 aromatic rings. The maximum atomic E-state index is 3.51. The van der Waals surface area contributed by atoms with Crippen LogP contribution in [0.15, 0.2) is 18.2 Å². The van der Waals surface area contributed by atoms with Gasteiger partial charge in [-0.25, -0.2) is 0 Å². The second kappa shape index (κ2) is 5.90. The number of aryl methyl sites for hydroxylation is 1. The Labute approximate surface area is 99.7 Å². The molecule has 0 radical (unpaired) electrons. The summed E-state index contributed by atoms with van der Waals surface area (Å²) in [6.45, 7) is 7.56. The first-order chi connectivity index (χ1) is 7.54. The van der Waals surface area contributed by atoms with Gasteiger partial charge in [0.05, 0.1) is 0 Å². The molecule has 0 saturated carbocycles. The summed E-state index contributed by atoms with van der Waals surface area (Å²) in [6.07, 6.45) is 1.18. The highest BCUT2D eigenvalue weighted by atomic mass is 15.1. The molecule has 0 amide bonds. The Hall–Kier alpha value is -1.02. The molecule has 0 spiro atoms. The number of anilines is 1. The third-order valence-electron chi connectivity index (χ3n) is 3.01. The molecule has 2 heteroatoms. The normalized spacial score (nSPS) is 12.6. The Morgan fingerprint density at radius 2 is 2.00 bits per heavy atom. The van der Waals surface area contributed by atoms with E-state index in [0.717, 1.165) is 6.54 Å². The largest absolute Gasteiger partial charge is 0.377 e. The molecule has 2 nitrogen and oxygen atoms in total. The molecule has 16 heavy (non-hydrogen) atoms. The van der Waals surface area contributed by atoms with Crippen LogP contribution >= 0.6 is 0 Å². The molecule has 1 aromatic carbocycles. The molecule has 0 saturated heterocycles. The SMILES string of the molecule is CCC(C)NCc1ccc(N(C)C)c(C)c1. The molecule has 0 heterocycles. The van der Waals surface area contributed by atoms with Crippen LogP contribution in [0.25, 0.3) is 0 Å². The highest BCUT2D eigenvalue weighted by Gasteiger charge is 2.03. The molecule has 1 N–H and O–H groups in total. The minimum Gasteiger partial charge on any atom is -0.377 e. The van der Waals surface area contributed by atoms with Crippen molar-refractivity contribution in [3.63, 3.8) is 0 Å². The number of hydrogen-bond donors (Lipinski definition) is 1. The Morgan fingerprint density at radius 3 is 2.50 bits per heavy atom. The molecule has 0 fully saturated rings. The minimum absolute atomic E-state index is 0.592. The van der Waals surface area contributed by atoms with Crippen molar-refractivity contribution in [1.82, 2.24) is 5.32 Å². The lowest BCUT2D eigenvalue weighted by molar-refractivity contribution is 0.534.